The molecule has 2 amide bonds. The number of carboxylic acid groups (broad SMARTS) is 1. The van der Waals surface area contributed by atoms with E-state index in [1.807, 2.05) is 20.1 Å². The minimum atomic E-state index is -0.981. The molecule has 0 rings (SSSR count). The highest BCUT2D eigenvalue weighted by Gasteiger charge is 2.21. The zero-order chi connectivity index (χ0) is 13.4. The van der Waals surface area contributed by atoms with Crippen molar-refractivity contribution in [2.24, 2.45) is 5.92 Å². The molecule has 0 aliphatic carbocycles. The standard InChI is InChI=1S/C11H22N2O3S/c1-8(2)7-13(3)11(16)12-9(10(14)15)5-6-17-4/h8-9H,5-7H2,1-4H3,(H,12,16)(H,14,15). The quantitative estimate of drug-likeness (QED) is 0.729. The van der Waals surface area contributed by atoms with E-state index >= 15 is 0 Å². The molecule has 0 heterocycles. The maximum absolute atomic E-state index is 11.7. The van der Waals surface area contributed by atoms with Crippen LogP contribution in [0, 0.1) is 5.92 Å². The third-order valence-electron chi connectivity index (χ3n) is 2.19. The first-order chi connectivity index (χ1) is 7.88. The number of nitrogens with zero attached hydrogens (tertiary/aromatic N) is 1. The highest BCUT2D eigenvalue weighted by Crippen LogP contribution is 2.02. The fourth-order valence-electron chi connectivity index (χ4n) is 1.38. The number of hydrogen-bond donors (Lipinski definition) is 2. The van der Waals surface area contributed by atoms with Gasteiger partial charge >= 0.3 is 12.0 Å². The van der Waals surface area contributed by atoms with Crippen molar-refractivity contribution in [3.05, 3.63) is 0 Å². The van der Waals surface area contributed by atoms with Gasteiger partial charge in [-0.25, -0.2) is 9.59 Å². The number of hydrogen-bond acceptors (Lipinski definition) is 3. The van der Waals surface area contributed by atoms with Crippen molar-refractivity contribution in [3.8, 4) is 0 Å². The first-order valence-corrected chi connectivity index (χ1v) is 7.01. The normalized spacial score (nSPS) is 12.3. The third-order valence-corrected chi connectivity index (χ3v) is 2.84. The van der Waals surface area contributed by atoms with Crippen LogP contribution in [0.15, 0.2) is 0 Å². The van der Waals surface area contributed by atoms with Crippen LogP contribution in [0.3, 0.4) is 0 Å². The van der Waals surface area contributed by atoms with Gasteiger partial charge in [-0.1, -0.05) is 13.8 Å². The molecule has 0 spiro atoms. The zero-order valence-electron chi connectivity index (χ0n) is 10.9. The average molecular weight is 262 g/mol. The molecule has 0 fully saturated rings. The fraction of sp³-hybridized carbons (Fsp3) is 0.818. The Balaban J connectivity index is 4.24. The Morgan fingerprint density at radius 1 is 1.41 bits per heavy atom. The van der Waals surface area contributed by atoms with Crippen molar-refractivity contribution in [1.82, 2.24) is 10.2 Å². The van der Waals surface area contributed by atoms with Crippen LogP contribution in [0.25, 0.3) is 0 Å². The lowest BCUT2D eigenvalue weighted by atomic mass is 10.2. The summed E-state index contributed by atoms with van der Waals surface area (Å²) in [4.78, 5) is 24.2. The van der Waals surface area contributed by atoms with Crippen molar-refractivity contribution in [2.75, 3.05) is 25.6 Å². The molecule has 5 nitrogen and oxygen atoms in total. The minimum Gasteiger partial charge on any atom is -0.480 e. The molecule has 0 radical (unpaired) electrons. The number of nitrogens with one attached hydrogen (secondary N) is 1. The zero-order valence-corrected chi connectivity index (χ0v) is 11.7. The summed E-state index contributed by atoms with van der Waals surface area (Å²) in [6.07, 6.45) is 2.35. The van der Waals surface area contributed by atoms with Crippen LogP contribution in [0.1, 0.15) is 20.3 Å². The van der Waals surface area contributed by atoms with Crippen molar-refractivity contribution in [1.29, 1.82) is 0 Å². The molecule has 1 atom stereocenters. The summed E-state index contributed by atoms with van der Waals surface area (Å²) in [6, 6.07) is -1.13. The Morgan fingerprint density at radius 3 is 2.41 bits per heavy atom. The molecular weight excluding hydrogens is 240 g/mol. The van der Waals surface area contributed by atoms with Crippen LogP contribution in [0.5, 0.6) is 0 Å². The van der Waals surface area contributed by atoms with E-state index in [-0.39, 0.29) is 6.03 Å². The molecule has 0 saturated heterocycles. The second-order valence-corrected chi connectivity index (χ2v) is 5.38. The molecule has 0 bridgehead atoms. The van der Waals surface area contributed by atoms with Crippen molar-refractivity contribution in [3.63, 3.8) is 0 Å². The molecule has 2 N–H and O–H groups in total. The maximum Gasteiger partial charge on any atom is 0.326 e. The second-order valence-electron chi connectivity index (χ2n) is 4.40. The molecular formula is C11H22N2O3S. The van der Waals surface area contributed by atoms with Gasteiger partial charge in [0.2, 0.25) is 0 Å². The van der Waals surface area contributed by atoms with E-state index in [2.05, 4.69) is 5.32 Å². The number of carboxylic acids is 1. The summed E-state index contributed by atoms with van der Waals surface area (Å²) in [5, 5.41) is 11.5. The lowest BCUT2D eigenvalue weighted by molar-refractivity contribution is -0.139. The van der Waals surface area contributed by atoms with E-state index in [1.54, 1.807) is 18.8 Å². The van der Waals surface area contributed by atoms with Gasteiger partial charge in [-0.2, -0.15) is 11.8 Å². The number of carbonyl (C=O) groups excluding carboxylic acids is 1. The Morgan fingerprint density at radius 2 is 2.00 bits per heavy atom. The number of amides is 2. The number of urea groups is 1. The Hall–Kier alpha value is -0.910. The molecule has 0 saturated carbocycles. The topological polar surface area (TPSA) is 69.6 Å². The van der Waals surface area contributed by atoms with E-state index in [0.717, 1.165) is 0 Å². The molecule has 0 aromatic carbocycles. The average Bonchev–Trinajstić information content (AvgIpc) is 2.22. The summed E-state index contributed by atoms with van der Waals surface area (Å²) < 4.78 is 0. The highest BCUT2D eigenvalue weighted by atomic mass is 32.2. The van der Waals surface area contributed by atoms with Crippen LogP contribution in [-0.2, 0) is 4.79 Å². The third kappa shape index (κ3) is 7.10. The van der Waals surface area contributed by atoms with Crippen LogP contribution in [0.2, 0.25) is 0 Å². The first kappa shape index (κ1) is 16.1. The SMILES string of the molecule is CSCCC(NC(=O)N(C)CC(C)C)C(=O)O. The van der Waals surface area contributed by atoms with Gasteiger partial charge < -0.3 is 15.3 Å². The molecule has 0 aliphatic heterocycles. The molecule has 6 heteroatoms. The molecule has 1 unspecified atom stereocenters. The van der Waals surface area contributed by atoms with Crippen molar-refractivity contribution in [2.45, 2.75) is 26.3 Å². The van der Waals surface area contributed by atoms with Crippen LogP contribution < -0.4 is 5.32 Å². The van der Waals surface area contributed by atoms with Gasteiger partial charge in [0, 0.05) is 13.6 Å². The van der Waals surface area contributed by atoms with E-state index in [0.29, 0.717) is 24.6 Å². The smallest absolute Gasteiger partial charge is 0.326 e. The number of aliphatic carboxylic acids is 1. The Labute approximate surface area is 107 Å². The van der Waals surface area contributed by atoms with Gasteiger partial charge in [-0.15, -0.1) is 0 Å². The lowest BCUT2D eigenvalue weighted by Crippen LogP contribution is -2.47. The Bertz CT molecular complexity index is 259. The Kier molecular flexibility index (Phi) is 7.78. The van der Waals surface area contributed by atoms with Gasteiger partial charge in [0.05, 0.1) is 0 Å². The fourth-order valence-corrected chi connectivity index (χ4v) is 1.85. The second kappa shape index (κ2) is 8.22. The molecule has 0 aliphatic rings. The van der Waals surface area contributed by atoms with Gasteiger partial charge in [-0.05, 0) is 24.3 Å². The highest BCUT2D eigenvalue weighted by molar-refractivity contribution is 7.98. The van der Waals surface area contributed by atoms with Gasteiger partial charge in [0.15, 0.2) is 0 Å². The summed E-state index contributed by atoms with van der Waals surface area (Å²) in [6.45, 7) is 4.62. The summed E-state index contributed by atoms with van der Waals surface area (Å²) >= 11 is 1.57. The predicted octanol–water partition coefficient (Wildman–Crippen LogP) is 1.49. The summed E-state index contributed by atoms with van der Waals surface area (Å²) in [5.41, 5.74) is 0. The van der Waals surface area contributed by atoms with Crippen LogP contribution >= 0.6 is 11.8 Å². The van der Waals surface area contributed by atoms with Crippen molar-refractivity contribution < 1.29 is 14.7 Å². The van der Waals surface area contributed by atoms with Gasteiger partial charge in [0.1, 0.15) is 6.04 Å². The van der Waals surface area contributed by atoms with Crippen molar-refractivity contribution >= 4 is 23.8 Å². The van der Waals surface area contributed by atoms with E-state index < -0.39 is 12.0 Å². The van der Waals surface area contributed by atoms with E-state index in [4.69, 9.17) is 5.11 Å². The number of rotatable bonds is 7. The predicted molar refractivity (Wildman–Crippen MR) is 70.4 cm³/mol. The van der Waals surface area contributed by atoms with Crippen LogP contribution in [-0.4, -0.2) is 53.6 Å². The summed E-state index contributed by atoms with van der Waals surface area (Å²) in [5.74, 6) is 0.0936. The van der Waals surface area contributed by atoms with Gasteiger partial charge in [-0.3, -0.25) is 0 Å². The minimum absolute atomic E-state index is 0.327. The monoisotopic (exact) mass is 262 g/mol. The van der Waals surface area contributed by atoms with E-state index in [9.17, 15) is 9.59 Å². The largest absolute Gasteiger partial charge is 0.480 e. The lowest BCUT2D eigenvalue weighted by Gasteiger charge is -2.22. The molecule has 0 aromatic heterocycles. The maximum atomic E-state index is 11.7. The number of thioether (sulfide) groups is 1. The number of carbonyl (C=O) groups is 2. The molecule has 17 heavy (non-hydrogen) atoms. The van der Waals surface area contributed by atoms with Crippen LogP contribution in [0.4, 0.5) is 4.79 Å². The molecule has 100 valence electrons. The first-order valence-electron chi connectivity index (χ1n) is 5.61. The molecule has 0 aromatic rings. The summed E-state index contributed by atoms with van der Waals surface area (Å²) in [7, 11) is 1.67. The van der Waals surface area contributed by atoms with Gasteiger partial charge in [0.25, 0.3) is 0 Å². The van der Waals surface area contributed by atoms with E-state index in [1.165, 1.54) is 4.90 Å².